The van der Waals surface area contributed by atoms with Crippen molar-refractivity contribution >= 4 is 86.7 Å². The number of pyridine rings is 4. The minimum atomic E-state index is -0.196. The number of hydrogen-bond acceptors (Lipinski definition) is 4. The molecule has 14 rings (SSSR count). The molecule has 0 fully saturated rings. The van der Waals surface area contributed by atoms with Crippen LogP contribution in [0.15, 0.2) is 194 Å². The van der Waals surface area contributed by atoms with Crippen molar-refractivity contribution in [2.24, 2.45) is 0 Å². The maximum Gasteiger partial charge on any atom is 0.0978 e. The zero-order valence-corrected chi connectivity index (χ0v) is 35.8. The largest absolute Gasteiger partial charge is 0.254 e. The maximum atomic E-state index is 5.37. The summed E-state index contributed by atoms with van der Waals surface area (Å²) in [6.07, 6.45) is 3.72. The second-order valence-electron chi connectivity index (χ2n) is 18.1. The van der Waals surface area contributed by atoms with E-state index in [1.165, 1.54) is 70.9 Å². The van der Waals surface area contributed by atoms with Gasteiger partial charge in [0.25, 0.3) is 0 Å². The van der Waals surface area contributed by atoms with E-state index in [-0.39, 0.29) is 5.41 Å². The Morgan fingerprint density at radius 3 is 1.65 bits per heavy atom. The summed E-state index contributed by atoms with van der Waals surface area (Å²) in [5.74, 6) is 0. The lowest BCUT2D eigenvalue weighted by Crippen LogP contribution is -2.14. The molecule has 1 aliphatic carbocycles. The summed E-state index contributed by atoms with van der Waals surface area (Å²) in [7, 11) is 0. The smallest absolute Gasteiger partial charge is 0.0978 e. The van der Waals surface area contributed by atoms with E-state index in [1.54, 1.807) is 0 Å². The van der Waals surface area contributed by atoms with E-state index in [0.717, 1.165) is 71.7 Å². The molecule has 0 atom stereocenters. The third kappa shape index (κ3) is 5.19. The van der Waals surface area contributed by atoms with E-state index in [0.29, 0.717) is 0 Å². The van der Waals surface area contributed by atoms with Crippen molar-refractivity contribution in [2.45, 2.75) is 19.3 Å². The lowest BCUT2D eigenvalue weighted by atomic mass is 9.81. The minimum absolute atomic E-state index is 0.196. The molecule has 65 heavy (non-hydrogen) atoms. The zero-order chi connectivity index (χ0) is 43.0. The highest BCUT2D eigenvalue weighted by Crippen LogP contribution is 2.53. The number of benzene rings is 9. The van der Waals surface area contributed by atoms with Crippen LogP contribution in [-0.2, 0) is 5.41 Å². The number of hydrogen-bond donors (Lipinski definition) is 0. The summed E-state index contributed by atoms with van der Waals surface area (Å²) in [6, 6.07) is 66.3. The first-order valence-electron chi connectivity index (χ1n) is 22.4. The molecule has 0 saturated carbocycles. The molecule has 0 saturated heterocycles. The van der Waals surface area contributed by atoms with Gasteiger partial charge in [0.2, 0.25) is 0 Å². The van der Waals surface area contributed by atoms with Gasteiger partial charge in [0.05, 0.1) is 33.5 Å². The zero-order valence-electron chi connectivity index (χ0n) is 35.8. The Morgan fingerprint density at radius 1 is 0.308 bits per heavy atom. The quantitative estimate of drug-likeness (QED) is 0.167. The Balaban J connectivity index is 0.925. The van der Waals surface area contributed by atoms with Crippen molar-refractivity contribution in [3.05, 3.63) is 206 Å². The van der Waals surface area contributed by atoms with E-state index in [1.807, 2.05) is 24.5 Å². The fourth-order valence-electron chi connectivity index (χ4n) is 11.1. The van der Waals surface area contributed by atoms with Crippen LogP contribution < -0.4 is 0 Å². The van der Waals surface area contributed by atoms with Crippen LogP contribution in [0, 0.1) is 0 Å². The highest BCUT2D eigenvalue weighted by molar-refractivity contribution is 6.27. The van der Waals surface area contributed by atoms with Crippen LogP contribution in [0.5, 0.6) is 0 Å². The monoisotopic (exact) mass is 826 g/mol. The molecule has 4 heterocycles. The van der Waals surface area contributed by atoms with Gasteiger partial charge in [0, 0.05) is 50.5 Å². The molecular formula is C61H38N4. The van der Waals surface area contributed by atoms with Crippen molar-refractivity contribution in [2.75, 3.05) is 0 Å². The fourth-order valence-corrected chi connectivity index (χ4v) is 11.1. The number of fused-ring (bicyclic) bond motifs is 18. The van der Waals surface area contributed by atoms with Gasteiger partial charge in [-0.05, 0) is 131 Å². The van der Waals surface area contributed by atoms with Crippen LogP contribution in [0.2, 0.25) is 0 Å². The average Bonchev–Trinajstić information content (AvgIpc) is 3.59. The lowest BCUT2D eigenvalue weighted by Gasteiger charge is -2.22. The van der Waals surface area contributed by atoms with Gasteiger partial charge in [-0.3, -0.25) is 9.97 Å². The van der Waals surface area contributed by atoms with Crippen molar-refractivity contribution < 1.29 is 0 Å². The Bertz CT molecular complexity index is 4190. The molecule has 13 aromatic rings. The van der Waals surface area contributed by atoms with E-state index < -0.39 is 0 Å². The minimum Gasteiger partial charge on any atom is -0.254 e. The van der Waals surface area contributed by atoms with Crippen molar-refractivity contribution in [3.63, 3.8) is 0 Å². The van der Waals surface area contributed by atoms with E-state index >= 15 is 0 Å². The average molecular weight is 827 g/mol. The molecular weight excluding hydrogens is 789 g/mol. The van der Waals surface area contributed by atoms with Crippen molar-refractivity contribution in [1.82, 2.24) is 19.9 Å². The lowest BCUT2D eigenvalue weighted by molar-refractivity contribution is 0.661. The van der Waals surface area contributed by atoms with Gasteiger partial charge in [-0.1, -0.05) is 141 Å². The Kier molecular flexibility index (Phi) is 7.42. The van der Waals surface area contributed by atoms with Gasteiger partial charge in [-0.15, -0.1) is 0 Å². The predicted octanol–water partition coefficient (Wildman–Crippen LogP) is 15.8. The number of nitrogens with zero attached hydrogens (tertiary/aromatic N) is 4. The van der Waals surface area contributed by atoms with Crippen LogP contribution >= 0.6 is 0 Å². The summed E-state index contributed by atoms with van der Waals surface area (Å²) in [5, 5.41) is 14.3. The summed E-state index contributed by atoms with van der Waals surface area (Å²) >= 11 is 0. The molecule has 0 N–H and O–H groups in total. The Labute approximate surface area is 374 Å². The van der Waals surface area contributed by atoms with Gasteiger partial charge >= 0.3 is 0 Å². The van der Waals surface area contributed by atoms with Crippen LogP contribution in [-0.4, -0.2) is 19.9 Å². The molecule has 1 aliphatic rings. The first-order valence-corrected chi connectivity index (χ1v) is 22.4. The molecule has 0 aliphatic heterocycles. The van der Waals surface area contributed by atoms with Gasteiger partial charge in [-0.2, -0.15) is 0 Å². The van der Waals surface area contributed by atoms with Gasteiger partial charge in [0.15, 0.2) is 0 Å². The summed E-state index contributed by atoms with van der Waals surface area (Å²) < 4.78 is 0. The van der Waals surface area contributed by atoms with Crippen molar-refractivity contribution in [1.29, 1.82) is 0 Å². The van der Waals surface area contributed by atoms with Gasteiger partial charge < -0.3 is 0 Å². The first-order chi connectivity index (χ1) is 32.0. The second kappa shape index (κ2) is 13.3. The summed E-state index contributed by atoms with van der Waals surface area (Å²) in [4.78, 5) is 20.2. The molecule has 4 nitrogen and oxygen atoms in total. The third-order valence-corrected chi connectivity index (χ3v) is 14.3. The Morgan fingerprint density at radius 2 is 0.846 bits per heavy atom. The number of aromatic nitrogens is 4. The standard InChI is InChI=1S/C61H38N4/c1-61(2)53-26-22-37(39-12-3-8-17-45(39)56-27-23-36-20-19-35-11-9-29-62-57(35)58(36)65-56)31-51(53)52-33-49-43-16-7-6-15-42(43)48-32-38(21-24-44(48)50(49)34-54(52)61)55-28-25-47-41-14-5-4-13-40(41)46-18-10-30-63-59(46)60(47)64-55/h3-34H,1-2H3. The molecule has 0 unspecified atom stereocenters. The van der Waals surface area contributed by atoms with E-state index in [4.69, 9.17) is 19.9 Å². The van der Waals surface area contributed by atoms with Crippen LogP contribution in [0.4, 0.5) is 0 Å². The molecule has 4 aromatic heterocycles. The normalized spacial score (nSPS) is 13.2. The number of rotatable bonds is 3. The molecule has 0 radical (unpaired) electrons. The van der Waals surface area contributed by atoms with Gasteiger partial charge in [0.1, 0.15) is 0 Å². The SMILES string of the molecule is CC1(C)c2ccc(-c3ccccc3-c3ccc4ccc5cccnc5c4n3)cc2-c2cc3c4ccccc4c4cc(-c5ccc6c7ccccc7c7cccnc7c6n5)ccc4c3cc21. The molecule has 0 spiro atoms. The molecule has 0 amide bonds. The molecule has 302 valence electrons. The highest BCUT2D eigenvalue weighted by Gasteiger charge is 2.36. The molecule has 9 aromatic carbocycles. The highest BCUT2D eigenvalue weighted by atomic mass is 14.8. The Hall–Kier alpha value is -8.34. The second-order valence-corrected chi connectivity index (χ2v) is 18.1. The fraction of sp³-hybridized carbons (Fsp3) is 0.0492. The van der Waals surface area contributed by atoms with Crippen LogP contribution in [0.1, 0.15) is 25.0 Å². The van der Waals surface area contributed by atoms with Crippen LogP contribution in [0.3, 0.4) is 0 Å². The predicted molar refractivity (Wildman–Crippen MR) is 272 cm³/mol. The topological polar surface area (TPSA) is 51.6 Å². The third-order valence-electron chi connectivity index (χ3n) is 14.3. The molecule has 0 bridgehead atoms. The first kappa shape index (κ1) is 36.2. The maximum absolute atomic E-state index is 5.37. The van der Waals surface area contributed by atoms with Crippen molar-refractivity contribution in [3.8, 4) is 44.8 Å². The molecule has 4 heteroatoms. The van der Waals surface area contributed by atoms with Crippen LogP contribution in [0.25, 0.3) is 131 Å². The van der Waals surface area contributed by atoms with Gasteiger partial charge in [-0.25, -0.2) is 9.97 Å². The summed E-state index contributed by atoms with van der Waals surface area (Å²) in [6.45, 7) is 4.76. The van der Waals surface area contributed by atoms with E-state index in [9.17, 15) is 0 Å². The van der Waals surface area contributed by atoms with E-state index in [2.05, 4.69) is 184 Å². The summed E-state index contributed by atoms with van der Waals surface area (Å²) in [5.41, 5.74) is 15.2.